The van der Waals surface area contributed by atoms with E-state index in [1.54, 1.807) is 19.2 Å². The van der Waals surface area contributed by atoms with Crippen molar-refractivity contribution in [2.45, 2.75) is 25.6 Å². The van der Waals surface area contributed by atoms with Gasteiger partial charge in [-0.15, -0.1) is 11.3 Å². The summed E-state index contributed by atoms with van der Waals surface area (Å²) in [5.41, 5.74) is -0.0683. The van der Waals surface area contributed by atoms with Crippen molar-refractivity contribution in [3.05, 3.63) is 51.7 Å². The predicted octanol–water partition coefficient (Wildman–Crippen LogP) is 3.79. The molecule has 0 radical (unpaired) electrons. The standard InChI is InChI=1S/C18H22F4N4OS/c1-3-23-17(24-9-8-16-26-15(11-28-16)18(20,21)22)25-10-14(27-2)12-4-6-13(19)7-5-12/h4-7,11,14H,3,8-10H2,1-2H3,(H2,23,24,25). The molecule has 1 aromatic heterocycles. The summed E-state index contributed by atoms with van der Waals surface area (Å²) in [6.07, 6.45) is -4.42. The van der Waals surface area contributed by atoms with E-state index in [1.165, 1.54) is 12.1 Å². The average Bonchev–Trinajstić information content (AvgIpc) is 3.13. The zero-order chi connectivity index (χ0) is 20.6. The predicted molar refractivity (Wildman–Crippen MR) is 101 cm³/mol. The molecule has 0 aliphatic carbocycles. The number of hydrogen-bond donors (Lipinski definition) is 2. The van der Waals surface area contributed by atoms with E-state index in [0.717, 1.165) is 22.3 Å². The minimum absolute atomic E-state index is 0.299. The first-order chi connectivity index (χ1) is 13.3. The molecule has 2 N–H and O–H groups in total. The van der Waals surface area contributed by atoms with Crippen LogP contribution in [0.5, 0.6) is 0 Å². The number of aromatic nitrogens is 1. The number of rotatable bonds is 8. The number of benzene rings is 1. The van der Waals surface area contributed by atoms with Crippen LogP contribution in [0.1, 0.15) is 29.3 Å². The summed E-state index contributed by atoms with van der Waals surface area (Å²) in [6, 6.07) is 6.00. The van der Waals surface area contributed by atoms with E-state index in [0.29, 0.717) is 37.0 Å². The quantitative estimate of drug-likeness (QED) is 0.389. The van der Waals surface area contributed by atoms with Gasteiger partial charge in [0.2, 0.25) is 0 Å². The van der Waals surface area contributed by atoms with Crippen LogP contribution in [-0.4, -0.2) is 37.7 Å². The van der Waals surface area contributed by atoms with Crippen molar-refractivity contribution in [1.29, 1.82) is 0 Å². The molecule has 5 nitrogen and oxygen atoms in total. The number of ether oxygens (including phenoxy) is 1. The third kappa shape index (κ3) is 6.75. The average molecular weight is 418 g/mol. The van der Waals surface area contributed by atoms with Crippen LogP contribution in [0, 0.1) is 5.82 Å². The molecule has 2 rings (SSSR count). The van der Waals surface area contributed by atoms with Gasteiger partial charge in [-0.1, -0.05) is 12.1 Å². The Bertz CT molecular complexity index is 762. The van der Waals surface area contributed by atoms with Crippen LogP contribution in [-0.2, 0) is 17.3 Å². The Morgan fingerprint density at radius 2 is 1.96 bits per heavy atom. The van der Waals surface area contributed by atoms with Gasteiger partial charge in [0.25, 0.3) is 0 Å². The van der Waals surface area contributed by atoms with E-state index in [4.69, 9.17) is 4.74 Å². The van der Waals surface area contributed by atoms with E-state index in [-0.39, 0.29) is 11.9 Å². The topological polar surface area (TPSA) is 58.5 Å². The van der Waals surface area contributed by atoms with Gasteiger partial charge in [-0.25, -0.2) is 9.37 Å². The normalized spacial score (nSPS) is 13.4. The molecule has 1 heterocycles. The first-order valence-corrected chi connectivity index (χ1v) is 9.53. The molecule has 0 saturated heterocycles. The largest absolute Gasteiger partial charge is 0.434 e. The number of methoxy groups -OCH3 is 1. The lowest BCUT2D eigenvalue weighted by Gasteiger charge is -2.16. The SMILES string of the molecule is CCNC(=NCC(OC)c1ccc(F)cc1)NCCc1nc(C(F)(F)F)cs1. The second kappa shape index (κ2) is 10.4. The summed E-state index contributed by atoms with van der Waals surface area (Å²) in [6.45, 7) is 3.20. The highest BCUT2D eigenvalue weighted by atomic mass is 32.1. The third-order valence-corrected chi connectivity index (χ3v) is 4.67. The summed E-state index contributed by atoms with van der Waals surface area (Å²) in [5.74, 6) is 0.187. The van der Waals surface area contributed by atoms with Gasteiger partial charge >= 0.3 is 6.18 Å². The molecule has 0 saturated carbocycles. The number of hydrogen-bond acceptors (Lipinski definition) is 4. The van der Waals surface area contributed by atoms with E-state index >= 15 is 0 Å². The molecule has 0 bridgehead atoms. The molecule has 28 heavy (non-hydrogen) atoms. The monoisotopic (exact) mass is 418 g/mol. The lowest BCUT2D eigenvalue weighted by molar-refractivity contribution is -0.140. The summed E-state index contributed by atoms with van der Waals surface area (Å²) < 4.78 is 56.2. The highest BCUT2D eigenvalue weighted by Crippen LogP contribution is 2.30. The summed E-state index contributed by atoms with van der Waals surface area (Å²) in [5, 5.41) is 7.54. The Kier molecular flexibility index (Phi) is 8.18. The Hall–Kier alpha value is -2.20. The van der Waals surface area contributed by atoms with Crippen LogP contribution in [0.4, 0.5) is 17.6 Å². The molecule has 10 heteroatoms. The molecule has 1 unspecified atom stereocenters. The second-order valence-electron chi connectivity index (χ2n) is 5.80. The maximum atomic E-state index is 13.1. The third-order valence-electron chi connectivity index (χ3n) is 3.76. The summed E-state index contributed by atoms with van der Waals surface area (Å²) >= 11 is 0.980. The van der Waals surface area contributed by atoms with Gasteiger partial charge in [0.05, 0.1) is 11.6 Å². The lowest BCUT2D eigenvalue weighted by Crippen LogP contribution is -2.38. The van der Waals surface area contributed by atoms with Gasteiger partial charge in [0.1, 0.15) is 11.9 Å². The van der Waals surface area contributed by atoms with Gasteiger partial charge < -0.3 is 15.4 Å². The van der Waals surface area contributed by atoms with Crippen LogP contribution in [0.25, 0.3) is 0 Å². The Morgan fingerprint density at radius 1 is 1.25 bits per heavy atom. The lowest BCUT2D eigenvalue weighted by atomic mass is 10.1. The van der Waals surface area contributed by atoms with Crippen LogP contribution >= 0.6 is 11.3 Å². The van der Waals surface area contributed by atoms with Crippen molar-refractivity contribution < 1.29 is 22.3 Å². The first kappa shape index (κ1) is 22.1. The van der Waals surface area contributed by atoms with Gasteiger partial charge in [-0.2, -0.15) is 13.2 Å². The van der Waals surface area contributed by atoms with E-state index in [1.807, 2.05) is 6.92 Å². The Labute approximate surface area is 164 Å². The zero-order valence-corrected chi connectivity index (χ0v) is 16.3. The Morgan fingerprint density at radius 3 is 2.54 bits per heavy atom. The molecule has 0 aliphatic rings. The minimum atomic E-state index is -4.42. The van der Waals surface area contributed by atoms with Crippen LogP contribution < -0.4 is 10.6 Å². The van der Waals surface area contributed by atoms with E-state index in [2.05, 4.69) is 20.6 Å². The number of nitrogens with one attached hydrogen (secondary N) is 2. The summed E-state index contributed by atoms with van der Waals surface area (Å²) in [4.78, 5) is 8.04. The number of thiazole rings is 1. The molecule has 0 amide bonds. The van der Waals surface area contributed by atoms with Crippen LogP contribution in [0.15, 0.2) is 34.6 Å². The van der Waals surface area contributed by atoms with Gasteiger partial charge in [0.15, 0.2) is 11.7 Å². The van der Waals surface area contributed by atoms with E-state index < -0.39 is 11.9 Å². The zero-order valence-electron chi connectivity index (χ0n) is 15.5. The van der Waals surface area contributed by atoms with Crippen molar-refractivity contribution >= 4 is 17.3 Å². The fraction of sp³-hybridized carbons (Fsp3) is 0.444. The van der Waals surface area contributed by atoms with Crippen molar-refractivity contribution in [3.8, 4) is 0 Å². The number of aliphatic imine (C=N–C) groups is 1. The maximum Gasteiger partial charge on any atom is 0.434 e. The van der Waals surface area contributed by atoms with Crippen molar-refractivity contribution in [3.63, 3.8) is 0 Å². The molecule has 2 aromatic rings. The molecular weight excluding hydrogens is 396 g/mol. The minimum Gasteiger partial charge on any atom is -0.375 e. The smallest absolute Gasteiger partial charge is 0.375 e. The van der Waals surface area contributed by atoms with Crippen LogP contribution in [0.2, 0.25) is 0 Å². The molecule has 1 aromatic carbocycles. The van der Waals surface area contributed by atoms with Gasteiger partial charge in [0, 0.05) is 32.0 Å². The highest BCUT2D eigenvalue weighted by Gasteiger charge is 2.33. The highest BCUT2D eigenvalue weighted by molar-refractivity contribution is 7.09. The molecule has 0 spiro atoms. The van der Waals surface area contributed by atoms with Crippen molar-refractivity contribution in [2.75, 3.05) is 26.7 Å². The summed E-state index contributed by atoms with van der Waals surface area (Å²) in [7, 11) is 1.55. The number of nitrogens with zero attached hydrogens (tertiary/aromatic N) is 2. The molecule has 1 atom stereocenters. The van der Waals surface area contributed by atoms with Crippen LogP contribution in [0.3, 0.4) is 0 Å². The number of halogens is 4. The second-order valence-corrected chi connectivity index (χ2v) is 6.74. The van der Waals surface area contributed by atoms with Gasteiger partial charge in [-0.3, -0.25) is 4.99 Å². The van der Waals surface area contributed by atoms with Crippen molar-refractivity contribution in [2.24, 2.45) is 4.99 Å². The maximum absolute atomic E-state index is 13.1. The fourth-order valence-electron chi connectivity index (χ4n) is 2.35. The fourth-order valence-corrected chi connectivity index (χ4v) is 3.16. The molecule has 154 valence electrons. The first-order valence-electron chi connectivity index (χ1n) is 8.65. The number of alkyl halides is 3. The number of guanidine groups is 1. The molecular formula is C18H22F4N4OS. The van der Waals surface area contributed by atoms with E-state index in [9.17, 15) is 17.6 Å². The Balaban J connectivity index is 1.92. The molecule has 0 fully saturated rings. The van der Waals surface area contributed by atoms with Gasteiger partial charge in [-0.05, 0) is 24.6 Å². The van der Waals surface area contributed by atoms with Crippen molar-refractivity contribution in [1.82, 2.24) is 15.6 Å². The molecule has 0 aliphatic heterocycles.